The summed E-state index contributed by atoms with van der Waals surface area (Å²) in [5.74, 6) is 0.835. The number of aromatic nitrogens is 2. The molecule has 0 atom stereocenters. The lowest BCUT2D eigenvalue weighted by Gasteiger charge is -2.35. The van der Waals surface area contributed by atoms with Crippen molar-refractivity contribution in [2.45, 2.75) is 53.2 Å². The van der Waals surface area contributed by atoms with Gasteiger partial charge in [0, 0.05) is 83.2 Å². The molecule has 0 unspecified atom stereocenters. The van der Waals surface area contributed by atoms with E-state index in [1.165, 1.54) is 5.56 Å². The quantitative estimate of drug-likeness (QED) is 0.281. The lowest BCUT2D eigenvalue weighted by molar-refractivity contribution is -0.135. The molecular weight excluding hydrogens is 532 g/mol. The number of methoxy groups -OCH3 is 1. The van der Waals surface area contributed by atoms with Crippen LogP contribution in [0.5, 0.6) is 5.75 Å². The molecule has 3 aromatic heterocycles. The molecule has 0 saturated heterocycles. The molecule has 0 saturated carbocycles. The molecule has 0 aliphatic carbocycles. The number of carbonyl (C=O) groups is 2. The maximum atomic E-state index is 14.4. The van der Waals surface area contributed by atoms with Crippen LogP contribution in [0, 0.1) is 5.92 Å². The van der Waals surface area contributed by atoms with Gasteiger partial charge in [-0.25, -0.2) is 0 Å². The zero-order valence-electron chi connectivity index (χ0n) is 24.3. The molecule has 212 valence electrons. The fraction of sp³-hybridized carbons (Fsp3) is 0.364. The Balaban J connectivity index is 1.66. The normalized spacial score (nSPS) is 15.0. The summed E-state index contributed by atoms with van der Waals surface area (Å²) >= 11 is 1.67. The van der Waals surface area contributed by atoms with Gasteiger partial charge in [0.1, 0.15) is 11.4 Å². The molecule has 6 rings (SSSR count). The number of nitrogens with zero attached hydrogens (tertiary/aromatic N) is 4. The molecule has 41 heavy (non-hydrogen) atoms. The van der Waals surface area contributed by atoms with Crippen LogP contribution in [0.2, 0.25) is 0 Å². The molecule has 5 heterocycles. The van der Waals surface area contributed by atoms with Crippen molar-refractivity contribution in [2.75, 3.05) is 20.2 Å². The first-order chi connectivity index (χ1) is 19.8. The minimum Gasteiger partial charge on any atom is -0.496 e. The smallest absolute Gasteiger partial charge is 0.271 e. The van der Waals surface area contributed by atoms with E-state index < -0.39 is 0 Å². The third-order valence-electron chi connectivity index (χ3n) is 8.24. The number of aryl methyl sites for hydroxylation is 1. The van der Waals surface area contributed by atoms with Gasteiger partial charge in [0.05, 0.1) is 12.8 Å². The topological polar surface area (TPSA) is 67.7 Å². The van der Waals surface area contributed by atoms with Crippen molar-refractivity contribution in [1.82, 2.24) is 19.4 Å². The van der Waals surface area contributed by atoms with Crippen molar-refractivity contribution in [1.29, 1.82) is 0 Å². The fourth-order valence-electron chi connectivity index (χ4n) is 6.24. The molecule has 2 amide bonds. The van der Waals surface area contributed by atoms with Crippen molar-refractivity contribution in [3.8, 4) is 38.6 Å². The van der Waals surface area contributed by atoms with E-state index in [4.69, 9.17) is 4.74 Å². The summed E-state index contributed by atoms with van der Waals surface area (Å²) in [6, 6.07) is 12.5. The van der Waals surface area contributed by atoms with E-state index in [2.05, 4.69) is 53.0 Å². The third-order valence-corrected chi connectivity index (χ3v) is 9.13. The number of benzene rings is 1. The van der Waals surface area contributed by atoms with Crippen molar-refractivity contribution < 1.29 is 14.3 Å². The number of carbonyl (C=O) groups excluding carboxylic acids is 2. The highest BCUT2D eigenvalue weighted by atomic mass is 32.1. The SMILES string of the molecule is COc1cc2c(cc1-c1cccnc1)-c1c(-c3cccs3)c3c(n1CC2)C(=O)N(C(C)C)CCN(C(=O)C(C)C)C3. The molecule has 2 aliphatic heterocycles. The van der Waals surface area contributed by atoms with Gasteiger partial charge in [-0.1, -0.05) is 26.0 Å². The Labute approximate surface area is 245 Å². The zero-order chi connectivity index (χ0) is 28.8. The fourth-order valence-corrected chi connectivity index (χ4v) is 7.04. The monoisotopic (exact) mass is 568 g/mol. The Morgan fingerprint density at radius 2 is 1.85 bits per heavy atom. The van der Waals surface area contributed by atoms with Crippen LogP contribution in [-0.2, 0) is 24.3 Å². The first kappa shape index (κ1) is 27.3. The standard InChI is InChI=1S/C33H36N4O3S/c1-20(2)32(38)35-13-14-36(21(3)4)33(39)31-26(19-35)29(28-9-7-15-41-28)30-25-17-24(23-8-6-11-34-18-23)27(40-5)16-22(25)10-12-37(30)31/h6-9,11,15-18,20-21H,10,12-14,19H2,1-5H3. The highest BCUT2D eigenvalue weighted by Crippen LogP contribution is 2.48. The van der Waals surface area contributed by atoms with Gasteiger partial charge in [-0.05, 0) is 55.5 Å². The summed E-state index contributed by atoms with van der Waals surface area (Å²) in [6.07, 6.45) is 4.40. The Bertz CT molecular complexity index is 1610. The average molecular weight is 569 g/mol. The molecule has 0 spiro atoms. The first-order valence-corrected chi connectivity index (χ1v) is 15.2. The number of amides is 2. The Morgan fingerprint density at radius 3 is 2.51 bits per heavy atom. The lowest BCUT2D eigenvalue weighted by Crippen LogP contribution is -2.47. The van der Waals surface area contributed by atoms with Crippen LogP contribution < -0.4 is 4.74 Å². The molecule has 1 aromatic carbocycles. The number of ether oxygens (including phenoxy) is 1. The van der Waals surface area contributed by atoms with Gasteiger partial charge < -0.3 is 19.1 Å². The van der Waals surface area contributed by atoms with Crippen molar-refractivity contribution in [3.63, 3.8) is 0 Å². The summed E-state index contributed by atoms with van der Waals surface area (Å²) in [4.78, 5) is 37.1. The molecular formula is C33H36N4O3S. The van der Waals surface area contributed by atoms with Gasteiger partial charge >= 0.3 is 0 Å². The van der Waals surface area contributed by atoms with E-state index in [9.17, 15) is 9.59 Å². The van der Waals surface area contributed by atoms with Gasteiger partial charge in [-0.15, -0.1) is 11.3 Å². The molecule has 8 heteroatoms. The number of fused-ring (bicyclic) bond motifs is 5. The second kappa shape index (κ2) is 10.8. The molecule has 0 N–H and O–H groups in total. The maximum Gasteiger partial charge on any atom is 0.271 e. The minimum absolute atomic E-state index is 0.0121. The van der Waals surface area contributed by atoms with E-state index in [0.717, 1.165) is 50.6 Å². The van der Waals surface area contributed by atoms with Gasteiger partial charge in [0.15, 0.2) is 0 Å². The van der Waals surface area contributed by atoms with E-state index in [-0.39, 0.29) is 23.8 Å². The summed E-state index contributed by atoms with van der Waals surface area (Å²) in [6.45, 7) is 10.1. The minimum atomic E-state index is -0.126. The summed E-state index contributed by atoms with van der Waals surface area (Å²) in [7, 11) is 1.70. The van der Waals surface area contributed by atoms with Gasteiger partial charge in [0.2, 0.25) is 5.91 Å². The summed E-state index contributed by atoms with van der Waals surface area (Å²) in [5.41, 5.74) is 7.97. The maximum absolute atomic E-state index is 14.4. The number of hydrogen-bond acceptors (Lipinski definition) is 5. The van der Waals surface area contributed by atoms with Gasteiger partial charge in [-0.2, -0.15) is 0 Å². The van der Waals surface area contributed by atoms with E-state index in [0.29, 0.717) is 31.9 Å². The zero-order valence-corrected chi connectivity index (χ0v) is 25.1. The van der Waals surface area contributed by atoms with Crippen LogP contribution in [0.15, 0.2) is 54.2 Å². The molecule has 0 radical (unpaired) electrons. The van der Waals surface area contributed by atoms with Gasteiger partial charge in [-0.3, -0.25) is 14.6 Å². The van der Waals surface area contributed by atoms with Crippen LogP contribution in [-0.4, -0.2) is 57.4 Å². The molecule has 0 fully saturated rings. The summed E-state index contributed by atoms with van der Waals surface area (Å²) in [5, 5.41) is 2.08. The van der Waals surface area contributed by atoms with Crippen LogP contribution in [0.3, 0.4) is 0 Å². The molecule has 0 bridgehead atoms. The second-order valence-corrected chi connectivity index (χ2v) is 12.3. The number of hydrogen-bond donors (Lipinski definition) is 0. The number of thiophene rings is 1. The van der Waals surface area contributed by atoms with Crippen LogP contribution in [0.25, 0.3) is 32.8 Å². The van der Waals surface area contributed by atoms with Crippen LogP contribution in [0.4, 0.5) is 0 Å². The van der Waals surface area contributed by atoms with E-state index in [1.807, 2.05) is 42.0 Å². The average Bonchev–Trinajstić information content (AvgIpc) is 3.60. The predicted octanol–water partition coefficient (Wildman–Crippen LogP) is 6.36. The highest BCUT2D eigenvalue weighted by molar-refractivity contribution is 7.13. The van der Waals surface area contributed by atoms with E-state index >= 15 is 0 Å². The van der Waals surface area contributed by atoms with Crippen molar-refractivity contribution >= 4 is 23.2 Å². The third kappa shape index (κ3) is 4.64. The van der Waals surface area contributed by atoms with Crippen molar-refractivity contribution in [2.24, 2.45) is 5.92 Å². The number of rotatable bonds is 5. The van der Waals surface area contributed by atoms with Crippen LogP contribution in [0.1, 0.15) is 49.3 Å². The first-order valence-electron chi connectivity index (χ1n) is 14.3. The number of pyridine rings is 1. The Kier molecular flexibility index (Phi) is 7.20. The Morgan fingerprint density at radius 1 is 1.02 bits per heavy atom. The van der Waals surface area contributed by atoms with E-state index in [1.54, 1.807) is 24.6 Å². The van der Waals surface area contributed by atoms with Gasteiger partial charge in [0.25, 0.3) is 5.91 Å². The molecule has 7 nitrogen and oxygen atoms in total. The predicted molar refractivity (Wildman–Crippen MR) is 163 cm³/mol. The highest BCUT2D eigenvalue weighted by Gasteiger charge is 2.38. The van der Waals surface area contributed by atoms with Crippen molar-refractivity contribution in [3.05, 3.63) is 71.0 Å². The summed E-state index contributed by atoms with van der Waals surface area (Å²) < 4.78 is 8.08. The van der Waals surface area contributed by atoms with Crippen LogP contribution >= 0.6 is 11.3 Å². The molecule has 2 aliphatic rings. The Hall–Kier alpha value is -3.91. The lowest BCUT2D eigenvalue weighted by atomic mass is 9.91. The molecule has 4 aromatic rings. The second-order valence-electron chi connectivity index (χ2n) is 11.4. The largest absolute Gasteiger partial charge is 0.496 e.